The van der Waals surface area contributed by atoms with Gasteiger partial charge in [0, 0.05) is 18.8 Å². The van der Waals surface area contributed by atoms with Gasteiger partial charge in [0.25, 0.3) is 0 Å². The van der Waals surface area contributed by atoms with E-state index in [0.29, 0.717) is 0 Å². The molecule has 0 spiro atoms. The van der Waals surface area contributed by atoms with E-state index < -0.39 is 0 Å². The fourth-order valence-electron chi connectivity index (χ4n) is 3.48. The molecule has 2 fully saturated rings. The molecule has 1 heterocycles. The Bertz CT molecular complexity index is 390. The Hall–Kier alpha value is -1.02. The van der Waals surface area contributed by atoms with E-state index in [-0.39, 0.29) is 0 Å². The van der Waals surface area contributed by atoms with E-state index in [1.165, 1.54) is 62.9 Å². The summed E-state index contributed by atoms with van der Waals surface area (Å²) in [4.78, 5) is 2.58. The molecule has 0 atom stereocenters. The van der Waals surface area contributed by atoms with Gasteiger partial charge in [0.1, 0.15) is 0 Å². The van der Waals surface area contributed by atoms with Crippen LogP contribution in [0, 0.1) is 5.92 Å². The highest BCUT2D eigenvalue weighted by Crippen LogP contribution is 2.26. The third-order valence-corrected chi connectivity index (χ3v) is 4.67. The van der Waals surface area contributed by atoms with Crippen molar-refractivity contribution in [3.8, 4) is 0 Å². The lowest BCUT2D eigenvalue weighted by Gasteiger charge is -2.19. The third-order valence-electron chi connectivity index (χ3n) is 4.67. The first-order valence-corrected chi connectivity index (χ1v) is 7.96. The second kappa shape index (κ2) is 6.42. The van der Waals surface area contributed by atoms with Crippen molar-refractivity contribution in [3.63, 3.8) is 0 Å². The van der Waals surface area contributed by atoms with Crippen LogP contribution in [0.2, 0.25) is 0 Å². The van der Waals surface area contributed by atoms with Crippen molar-refractivity contribution in [1.82, 2.24) is 4.90 Å². The summed E-state index contributed by atoms with van der Waals surface area (Å²) in [6.07, 6.45) is 8.45. The van der Waals surface area contributed by atoms with Gasteiger partial charge >= 0.3 is 0 Å². The minimum atomic E-state index is 0.903. The lowest BCUT2D eigenvalue weighted by atomic mass is 10.1. The molecule has 19 heavy (non-hydrogen) atoms. The van der Waals surface area contributed by atoms with Crippen LogP contribution >= 0.6 is 0 Å². The van der Waals surface area contributed by atoms with Crippen molar-refractivity contribution in [2.45, 2.75) is 45.1 Å². The summed E-state index contributed by atoms with van der Waals surface area (Å²) in [5.74, 6) is 0.903. The Morgan fingerprint density at radius 2 is 1.74 bits per heavy atom. The van der Waals surface area contributed by atoms with E-state index >= 15 is 0 Å². The van der Waals surface area contributed by atoms with Gasteiger partial charge in [0.2, 0.25) is 0 Å². The Morgan fingerprint density at radius 3 is 2.53 bits per heavy atom. The molecule has 0 amide bonds. The van der Waals surface area contributed by atoms with Crippen LogP contribution in [0.3, 0.4) is 0 Å². The monoisotopic (exact) mass is 258 g/mol. The van der Waals surface area contributed by atoms with Crippen LogP contribution in [0.25, 0.3) is 0 Å². The summed E-state index contributed by atoms with van der Waals surface area (Å²) in [7, 11) is 0. The zero-order valence-electron chi connectivity index (χ0n) is 11.9. The largest absolute Gasteiger partial charge is 0.385 e. The molecule has 2 nitrogen and oxygen atoms in total. The van der Waals surface area contributed by atoms with Gasteiger partial charge in [0.15, 0.2) is 0 Å². The molecule has 0 aromatic heterocycles. The van der Waals surface area contributed by atoms with Crippen LogP contribution in [0.5, 0.6) is 0 Å². The molecule has 2 aliphatic rings. The minimum Gasteiger partial charge on any atom is -0.385 e. The van der Waals surface area contributed by atoms with E-state index in [2.05, 4.69) is 34.5 Å². The van der Waals surface area contributed by atoms with Gasteiger partial charge in [-0.3, -0.25) is 4.90 Å². The van der Waals surface area contributed by atoms with Crippen LogP contribution in [0.4, 0.5) is 5.69 Å². The van der Waals surface area contributed by atoms with Crippen molar-refractivity contribution in [3.05, 3.63) is 29.8 Å². The van der Waals surface area contributed by atoms with Crippen LogP contribution in [-0.2, 0) is 6.54 Å². The molecule has 1 saturated heterocycles. The normalized spacial score (nSPS) is 21.1. The zero-order valence-corrected chi connectivity index (χ0v) is 11.9. The maximum atomic E-state index is 3.70. The predicted molar refractivity (Wildman–Crippen MR) is 81.4 cm³/mol. The maximum absolute atomic E-state index is 3.70. The summed E-state index contributed by atoms with van der Waals surface area (Å²) in [6.45, 7) is 4.83. The summed E-state index contributed by atoms with van der Waals surface area (Å²) in [5, 5.41) is 3.70. The third kappa shape index (κ3) is 3.50. The van der Waals surface area contributed by atoms with E-state index in [1.54, 1.807) is 0 Å². The van der Waals surface area contributed by atoms with Gasteiger partial charge in [-0.15, -0.1) is 0 Å². The van der Waals surface area contributed by atoms with Gasteiger partial charge in [-0.1, -0.05) is 31.0 Å². The van der Waals surface area contributed by atoms with Crippen molar-refractivity contribution in [1.29, 1.82) is 0 Å². The molecule has 1 N–H and O–H groups in total. The molecule has 1 aliphatic carbocycles. The number of anilines is 1. The number of nitrogens with zero attached hydrogens (tertiary/aromatic N) is 1. The molecule has 3 rings (SSSR count). The highest BCUT2D eigenvalue weighted by atomic mass is 15.1. The summed E-state index contributed by atoms with van der Waals surface area (Å²) >= 11 is 0. The number of rotatable bonds is 5. The molecule has 1 aromatic rings. The maximum Gasteiger partial charge on any atom is 0.0385 e. The summed E-state index contributed by atoms with van der Waals surface area (Å²) < 4.78 is 0. The SMILES string of the molecule is c1ccc(NCC2CCCC2)c(CN2CCCC2)c1. The average Bonchev–Trinajstić information content (AvgIpc) is 3.10. The van der Waals surface area contributed by atoms with Crippen LogP contribution < -0.4 is 5.32 Å². The van der Waals surface area contributed by atoms with Gasteiger partial charge in [-0.05, 0) is 56.3 Å². The number of hydrogen-bond donors (Lipinski definition) is 1. The molecule has 0 radical (unpaired) electrons. The number of benzene rings is 1. The molecular formula is C17H26N2. The van der Waals surface area contributed by atoms with Gasteiger partial charge in [-0.25, -0.2) is 0 Å². The van der Waals surface area contributed by atoms with E-state index in [0.717, 1.165) is 19.0 Å². The topological polar surface area (TPSA) is 15.3 Å². The van der Waals surface area contributed by atoms with Crippen molar-refractivity contribution in [2.24, 2.45) is 5.92 Å². The van der Waals surface area contributed by atoms with E-state index in [9.17, 15) is 0 Å². The molecule has 2 heteroatoms. The first kappa shape index (κ1) is 13.0. The molecule has 0 bridgehead atoms. The lowest BCUT2D eigenvalue weighted by molar-refractivity contribution is 0.332. The predicted octanol–water partition coefficient (Wildman–Crippen LogP) is 3.88. The van der Waals surface area contributed by atoms with Crippen molar-refractivity contribution in [2.75, 3.05) is 25.0 Å². The average molecular weight is 258 g/mol. The number of likely N-dealkylation sites (tertiary alicyclic amines) is 1. The molecule has 1 saturated carbocycles. The fraction of sp³-hybridized carbons (Fsp3) is 0.647. The summed E-state index contributed by atoms with van der Waals surface area (Å²) in [5.41, 5.74) is 2.84. The first-order valence-electron chi connectivity index (χ1n) is 7.96. The number of hydrogen-bond acceptors (Lipinski definition) is 2. The molecule has 1 aliphatic heterocycles. The Morgan fingerprint density at radius 1 is 1.00 bits per heavy atom. The minimum absolute atomic E-state index is 0.903. The zero-order chi connectivity index (χ0) is 12.9. The highest BCUT2D eigenvalue weighted by molar-refractivity contribution is 5.51. The van der Waals surface area contributed by atoms with Gasteiger partial charge in [0.05, 0.1) is 0 Å². The number of nitrogens with one attached hydrogen (secondary N) is 1. The Balaban J connectivity index is 1.59. The fourth-order valence-corrected chi connectivity index (χ4v) is 3.48. The highest BCUT2D eigenvalue weighted by Gasteiger charge is 2.16. The van der Waals surface area contributed by atoms with Crippen LogP contribution in [0.15, 0.2) is 24.3 Å². The molecule has 0 unspecified atom stereocenters. The second-order valence-corrected chi connectivity index (χ2v) is 6.17. The Labute approximate surface area is 117 Å². The van der Waals surface area contributed by atoms with Crippen LogP contribution in [0.1, 0.15) is 44.1 Å². The standard InChI is InChI=1S/C17H26N2/c1-2-8-15(7-1)13-18-17-10-4-3-9-16(17)14-19-11-5-6-12-19/h3-4,9-10,15,18H,1-2,5-8,11-14H2. The van der Waals surface area contributed by atoms with Gasteiger partial charge < -0.3 is 5.32 Å². The molecule has 1 aromatic carbocycles. The Kier molecular flexibility index (Phi) is 4.39. The van der Waals surface area contributed by atoms with Crippen molar-refractivity contribution < 1.29 is 0 Å². The lowest BCUT2D eigenvalue weighted by Crippen LogP contribution is -2.20. The molecular weight excluding hydrogens is 232 g/mol. The first-order chi connectivity index (χ1) is 9.42. The summed E-state index contributed by atoms with van der Waals surface area (Å²) in [6, 6.07) is 8.87. The quantitative estimate of drug-likeness (QED) is 0.862. The molecule has 104 valence electrons. The smallest absolute Gasteiger partial charge is 0.0385 e. The van der Waals surface area contributed by atoms with Crippen molar-refractivity contribution >= 4 is 5.69 Å². The second-order valence-electron chi connectivity index (χ2n) is 6.17. The number of para-hydroxylation sites is 1. The van der Waals surface area contributed by atoms with E-state index in [1.807, 2.05) is 0 Å². The van der Waals surface area contributed by atoms with Crippen LogP contribution in [-0.4, -0.2) is 24.5 Å². The van der Waals surface area contributed by atoms with Gasteiger partial charge in [-0.2, -0.15) is 0 Å². The van der Waals surface area contributed by atoms with E-state index in [4.69, 9.17) is 0 Å².